The van der Waals surface area contributed by atoms with E-state index in [-0.39, 0.29) is 0 Å². The summed E-state index contributed by atoms with van der Waals surface area (Å²) in [6.45, 7) is 1.91. The van der Waals surface area contributed by atoms with Crippen LogP contribution in [0.1, 0.15) is 5.69 Å². The molecule has 0 spiro atoms. The van der Waals surface area contributed by atoms with E-state index >= 15 is 0 Å². The van der Waals surface area contributed by atoms with Gasteiger partial charge in [0.05, 0.1) is 16.4 Å². The number of ether oxygens (including phenoxy) is 1. The quantitative estimate of drug-likeness (QED) is 0.511. The van der Waals surface area contributed by atoms with Crippen LogP contribution >= 0.6 is 50.1 Å². The molecule has 0 aliphatic carbocycles. The second-order valence-electron chi connectivity index (χ2n) is 3.58. The minimum atomic E-state index is 0.466. The summed E-state index contributed by atoms with van der Waals surface area (Å²) < 4.78 is 6.98. The molecule has 0 unspecified atom stereocenters. The maximum absolute atomic E-state index is 6.09. The molecule has 0 bridgehead atoms. The Morgan fingerprint density at radius 2 is 2.06 bits per heavy atom. The van der Waals surface area contributed by atoms with Crippen LogP contribution in [-0.2, 0) is 0 Å². The van der Waals surface area contributed by atoms with Crippen molar-refractivity contribution in [3.63, 3.8) is 0 Å². The number of aromatic nitrogens is 2. The van der Waals surface area contributed by atoms with Gasteiger partial charge in [-0.25, -0.2) is 9.97 Å². The van der Waals surface area contributed by atoms with E-state index in [1.807, 2.05) is 25.1 Å². The van der Waals surface area contributed by atoms with Crippen LogP contribution in [0.15, 0.2) is 22.7 Å². The highest BCUT2D eigenvalue weighted by Gasteiger charge is 2.12. The van der Waals surface area contributed by atoms with E-state index in [0.29, 0.717) is 11.0 Å². The molecule has 0 N–H and O–H groups in total. The number of nitrogens with zero attached hydrogens (tertiary/aromatic N) is 2. The van der Waals surface area contributed by atoms with Crippen LogP contribution in [0, 0.1) is 10.5 Å². The van der Waals surface area contributed by atoms with Gasteiger partial charge in [0.25, 0.3) is 0 Å². The van der Waals surface area contributed by atoms with E-state index in [2.05, 4.69) is 48.5 Å². The summed E-state index contributed by atoms with van der Waals surface area (Å²) in [5.41, 5.74) is 1.72. The fraction of sp³-hybridized carbons (Fsp3) is 0.167. The molecule has 3 nitrogen and oxygen atoms in total. The standard InChI is InChI=1S/C12H9BrClIN2O/c1-6-10(15)11(14)17-12(16-6)8-5-7(18-2)3-4-9(8)13/h3-5H,1-2H3. The third-order valence-corrected chi connectivity index (χ3v) is 4.97. The van der Waals surface area contributed by atoms with Crippen molar-refractivity contribution < 1.29 is 4.74 Å². The van der Waals surface area contributed by atoms with E-state index in [1.165, 1.54) is 0 Å². The van der Waals surface area contributed by atoms with Gasteiger partial charge >= 0.3 is 0 Å². The maximum Gasteiger partial charge on any atom is 0.162 e. The molecule has 0 aliphatic heterocycles. The second kappa shape index (κ2) is 5.71. The maximum atomic E-state index is 6.09. The Morgan fingerprint density at radius 1 is 1.33 bits per heavy atom. The van der Waals surface area contributed by atoms with E-state index in [4.69, 9.17) is 16.3 Å². The number of hydrogen-bond donors (Lipinski definition) is 0. The molecular formula is C12H9BrClIN2O. The van der Waals surface area contributed by atoms with Crippen LogP contribution in [-0.4, -0.2) is 17.1 Å². The van der Waals surface area contributed by atoms with Crippen molar-refractivity contribution in [1.29, 1.82) is 0 Å². The summed E-state index contributed by atoms with van der Waals surface area (Å²) in [5, 5.41) is 0.466. The summed E-state index contributed by atoms with van der Waals surface area (Å²) in [6.07, 6.45) is 0. The summed E-state index contributed by atoms with van der Waals surface area (Å²) in [5.74, 6) is 1.34. The van der Waals surface area contributed by atoms with Crippen molar-refractivity contribution in [3.05, 3.63) is 37.1 Å². The van der Waals surface area contributed by atoms with Crippen LogP contribution in [0.4, 0.5) is 0 Å². The van der Waals surface area contributed by atoms with Crippen molar-refractivity contribution in [2.24, 2.45) is 0 Å². The topological polar surface area (TPSA) is 35.0 Å². The fourth-order valence-corrected chi connectivity index (χ4v) is 2.33. The predicted octanol–water partition coefficient (Wildman–Crippen LogP) is 4.48. The highest BCUT2D eigenvalue weighted by atomic mass is 127. The van der Waals surface area contributed by atoms with Crippen molar-refractivity contribution in [1.82, 2.24) is 9.97 Å². The number of hydrogen-bond acceptors (Lipinski definition) is 3. The molecule has 0 amide bonds. The third-order valence-electron chi connectivity index (χ3n) is 2.39. The largest absolute Gasteiger partial charge is 0.497 e. The Hall–Kier alpha value is -0.400. The highest BCUT2D eigenvalue weighted by Crippen LogP contribution is 2.31. The SMILES string of the molecule is COc1ccc(Br)c(-c2nc(C)c(I)c(Cl)n2)c1. The van der Waals surface area contributed by atoms with E-state index in [1.54, 1.807) is 7.11 Å². The molecule has 1 heterocycles. The zero-order valence-electron chi connectivity index (χ0n) is 9.67. The average molecular weight is 439 g/mol. The number of methoxy groups -OCH3 is 1. The monoisotopic (exact) mass is 438 g/mol. The van der Waals surface area contributed by atoms with Gasteiger partial charge in [0, 0.05) is 10.0 Å². The Kier molecular flexibility index (Phi) is 4.45. The van der Waals surface area contributed by atoms with Gasteiger partial charge in [0.15, 0.2) is 5.82 Å². The zero-order valence-corrected chi connectivity index (χ0v) is 14.2. The molecule has 94 valence electrons. The van der Waals surface area contributed by atoms with E-state index in [9.17, 15) is 0 Å². The molecule has 2 rings (SSSR count). The van der Waals surface area contributed by atoms with Gasteiger partial charge in [-0.05, 0) is 47.7 Å². The number of rotatable bonds is 2. The second-order valence-corrected chi connectivity index (χ2v) is 5.87. The molecule has 0 saturated carbocycles. The molecule has 1 aromatic heterocycles. The smallest absolute Gasteiger partial charge is 0.162 e. The summed E-state index contributed by atoms with van der Waals surface area (Å²) >= 11 is 11.7. The Bertz CT molecular complexity index is 584. The van der Waals surface area contributed by atoms with Crippen molar-refractivity contribution in [2.45, 2.75) is 6.92 Å². The number of benzene rings is 1. The van der Waals surface area contributed by atoms with Crippen LogP contribution in [0.3, 0.4) is 0 Å². The van der Waals surface area contributed by atoms with Gasteiger partial charge in [0.1, 0.15) is 10.9 Å². The van der Waals surface area contributed by atoms with Crippen molar-refractivity contribution in [2.75, 3.05) is 7.11 Å². The zero-order chi connectivity index (χ0) is 13.3. The first-order valence-electron chi connectivity index (χ1n) is 5.06. The fourth-order valence-electron chi connectivity index (χ4n) is 1.45. The van der Waals surface area contributed by atoms with Gasteiger partial charge in [-0.2, -0.15) is 0 Å². The minimum absolute atomic E-state index is 0.466. The van der Waals surface area contributed by atoms with E-state index < -0.39 is 0 Å². The minimum Gasteiger partial charge on any atom is -0.497 e. The lowest BCUT2D eigenvalue weighted by Gasteiger charge is -2.08. The molecule has 0 radical (unpaired) electrons. The van der Waals surface area contributed by atoms with Crippen molar-refractivity contribution in [3.8, 4) is 17.1 Å². The number of halogens is 3. The Labute approximate surface area is 132 Å². The highest BCUT2D eigenvalue weighted by molar-refractivity contribution is 14.1. The van der Waals surface area contributed by atoms with Crippen LogP contribution in [0.5, 0.6) is 5.75 Å². The Balaban J connectivity index is 2.61. The lowest BCUT2D eigenvalue weighted by molar-refractivity contribution is 0.415. The first kappa shape index (κ1) is 14.0. The van der Waals surface area contributed by atoms with Gasteiger partial charge in [-0.15, -0.1) is 0 Å². The van der Waals surface area contributed by atoms with Crippen LogP contribution < -0.4 is 4.74 Å². The van der Waals surface area contributed by atoms with Crippen LogP contribution in [0.2, 0.25) is 5.15 Å². The number of aryl methyl sites for hydroxylation is 1. The molecule has 6 heteroatoms. The van der Waals surface area contributed by atoms with Gasteiger partial charge < -0.3 is 4.74 Å². The van der Waals surface area contributed by atoms with Gasteiger partial charge in [0.2, 0.25) is 0 Å². The molecule has 1 aromatic carbocycles. The molecular weight excluding hydrogens is 430 g/mol. The first-order chi connectivity index (χ1) is 8.52. The lowest BCUT2D eigenvalue weighted by atomic mass is 10.2. The predicted molar refractivity (Wildman–Crippen MR) is 84.2 cm³/mol. The van der Waals surface area contributed by atoms with E-state index in [0.717, 1.165) is 25.0 Å². The molecule has 18 heavy (non-hydrogen) atoms. The molecule has 0 aliphatic rings. The van der Waals surface area contributed by atoms with Gasteiger partial charge in [-0.3, -0.25) is 0 Å². The molecule has 2 aromatic rings. The molecule has 0 saturated heterocycles. The molecule has 0 fully saturated rings. The average Bonchev–Trinajstić information content (AvgIpc) is 2.36. The summed E-state index contributed by atoms with van der Waals surface area (Å²) in [6, 6.07) is 5.65. The third kappa shape index (κ3) is 2.78. The summed E-state index contributed by atoms with van der Waals surface area (Å²) in [7, 11) is 1.63. The van der Waals surface area contributed by atoms with Crippen molar-refractivity contribution >= 4 is 50.1 Å². The summed E-state index contributed by atoms with van der Waals surface area (Å²) in [4.78, 5) is 8.75. The van der Waals surface area contributed by atoms with Gasteiger partial charge in [-0.1, -0.05) is 27.5 Å². The Morgan fingerprint density at radius 3 is 2.67 bits per heavy atom. The molecule has 0 atom stereocenters. The normalized spacial score (nSPS) is 10.5. The van der Waals surface area contributed by atoms with Crippen LogP contribution in [0.25, 0.3) is 11.4 Å². The first-order valence-corrected chi connectivity index (χ1v) is 7.31. The lowest BCUT2D eigenvalue weighted by Crippen LogP contribution is -1.97.